The van der Waals surface area contributed by atoms with Crippen LogP contribution in [0.2, 0.25) is 0 Å². The molecule has 0 atom stereocenters. The largest absolute Gasteiger partial charge is 0.388 e. The lowest BCUT2D eigenvalue weighted by Gasteiger charge is -2.22. The summed E-state index contributed by atoms with van der Waals surface area (Å²) < 4.78 is 0. The van der Waals surface area contributed by atoms with Crippen molar-refractivity contribution in [1.29, 1.82) is 0 Å². The van der Waals surface area contributed by atoms with E-state index in [0.717, 1.165) is 49.7 Å². The number of benzene rings is 2. The van der Waals surface area contributed by atoms with Crippen LogP contribution in [0, 0.1) is 6.92 Å². The summed E-state index contributed by atoms with van der Waals surface area (Å²) in [5.74, 6) is 2.14. The molecule has 0 saturated heterocycles. The molecule has 8 heteroatoms. The Kier molecular flexibility index (Phi) is 5.99. The summed E-state index contributed by atoms with van der Waals surface area (Å²) in [7, 11) is 1.94. The summed E-state index contributed by atoms with van der Waals surface area (Å²) in [4.78, 5) is 12.9. The van der Waals surface area contributed by atoms with Gasteiger partial charge >= 0.3 is 0 Å². The van der Waals surface area contributed by atoms with Gasteiger partial charge in [-0.2, -0.15) is 0 Å². The minimum atomic E-state index is 0.938. The molecule has 3 aromatic heterocycles. The van der Waals surface area contributed by atoms with Gasteiger partial charge in [0, 0.05) is 50.8 Å². The summed E-state index contributed by atoms with van der Waals surface area (Å²) in [6, 6.07) is 17.0. The van der Waals surface area contributed by atoms with E-state index in [1.807, 2.05) is 30.6 Å². The molecule has 2 aromatic carbocycles. The molecule has 1 aliphatic rings. The lowest BCUT2D eigenvalue weighted by atomic mass is 9.95. The van der Waals surface area contributed by atoms with Gasteiger partial charge < -0.3 is 10.6 Å². The molecule has 170 valence electrons. The molecule has 0 spiro atoms. The van der Waals surface area contributed by atoms with Crippen molar-refractivity contribution in [2.45, 2.75) is 17.0 Å². The molecule has 2 N–H and O–H groups in total. The maximum Gasteiger partial charge on any atom is 0.129 e. The van der Waals surface area contributed by atoms with Crippen molar-refractivity contribution in [2.24, 2.45) is 0 Å². The van der Waals surface area contributed by atoms with Gasteiger partial charge in [-0.05, 0) is 59.6 Å². The van der Waals surface area contributed by atoms with Gasteiger partial charge in [-0.15, -0.1) is 46.2 Å². The van der Waals surface area contributed by atoms with Crippen molar-refractivity contribution in [3.05, 3.63) is 64.9 Å². The number of hydrogen-bond acceptors (Lipinski definition) is 8. The molecule has 0 unspecified atom stereocenters. The molecule has 0 radical (unpaired) electrons. The van der Waals surface area contributed by atoms with Crippen LogP contribution in [-0.2, 0) is 0 Å². The van der Waals surface area contributed by atoms with Crippen molar-refractivity contribution in [2.75, 3.05) is 29.2 Å². The Labute approximate surface area is 215 Å². The van der Waals surface area contributed by atoms with Gasteiger partial charge in [0.1, 0.15) is 15.6 Å². The fourth-order valence-corrected chi connectivity index (χ4v) is 7.91. The lowest BCUT2D eigenvalue weighted by molar-refractivity contribution is 0.961. The smallest absolute Gasteiger partial charge is 0.129 e. The molecule has 0 saturated carbocycles. The second kappa shape index (κ2) is 9.26. The van der Waals surface area contributed by atoms with Crippen LogP contribution in [0.3, 0.4) is 0 Å². The number of hydrogen-bond donors (Lipinski definition) is 2. The Hall–Kier alpha value is -2.52. The summed E-state index contributed by atoms with van der Waals surface area (Å²) in [5, 5.41) is 13.3. The van der Waals surface area contributed by atoms with Gasteiger partial charge in [0.15, 0.2) is 0 Å². The highest BCUT2D eigenvalue weighted by Gasteiger charge is 2.25. The van der Waals surface area contributed by atoms with Crippen molar-refractivity contribution < 1.29 is 0 Å². The van der Waals surface area contributed by atoms with E-state index in [4.69, 9.17) is 9.97 Å². The zero-order valence-corrected chi connectivity index (χ0v) is 22.0. The number of fused-ring (bicyclic) bond motifs is 2. The zero-order valence-electron chi connectivity index (χ0n) is 18.7. The highest BCUT2D eigenvalue weighted by molar-refractivity contribution is 8.05. The molecule has 1 aliphatic heterocycles. The van der Waals surface area contributed by atoms with Crippen LogP contribution in [-0.4, -0.2) is 28.5 Å². The minimum Gasteiger partial charge on any atom is -0.388 e. The first-order chi connectivity index (χ1) is 16.7. The van der Waals surface area contributed by atoms with Gasteiger partial charge in [-0.25, -0.2) is 9.97 Å². The predicted molar refractivity (Wildman–Crippen MR) is 152 cm³/mol. The number of rotatable bonds is 5. The zero-order chi connectivity index (χ0) is 23.1. The second-order valence-electron chi connectivity index (χ2n) is 7.89. The van der Waals surface area contributed by atoms with Crippen molar-refractivity contribution in [1.82, 2.24) is 9.97 Å². The van der Waals surface area contributed by atoms with E-state index in [1.54, 1.807) is 22.7 Å². The molecule has 4 heterocycles. The first-order valence-corrected chi connectivity index (χ1v) is 14.7. The molecule has 0 bridgehead atoms. The molecule has 34 heavy (non-hydrogen) atoms. The van der Waals surface area contributed by atoms with Crippen LogP contribution < -0.4 is 10.6 Å². The van der Waals surface area contributed by atoms with E-state index in [0.29, 0.717) is 0 Å². The summed E-state index contributed by atoms with van der Waals surface area (Å²) in [6.07, 6.45) is 0. The van der Waals surface area contributed by atoms with Crippen LogP contribution in [0.15, 0.2) is 69.3 Å². The van der Waals surface area contributed by atoms with E-state index < -0.39 is 0 Å². The van der Waals surface area contributed by atoms with Crippen LogP contribution in [0.25, 0.3) is 31.9 Å². The molecule has 0 aliphatic carbocycles. The fourth-order valence-electron chi connectivity index (χ4n) is 4.24. The Morgan fingerprint density at radius 2 is 1.32 bits per heavy atom. The molecule has 0 amide bonds. The Morgan fingerprint density at radius 3 is 1.91 bits per heavy atom. The van der Waals surface area contributed by atoms with E-state index >= 15 is 0 Å². The Balaban J connectivity index is 1.69. The molecule has 0 fully saturated rings. The standard InChI is InChI=1S/C26H22N4S4/c1-15-20(18-5-3-11-31-18)21(19-6-4-12-32-19)23(28-17-9-7-16(27-2)8-10-17)24-22(15)29-25-26(30-24)34-14-13-33-25/h3-12,27-28H,13-14H2,1-2H3. The van der Waals surface area contributed by atoms with Gasteiger partial charge in [0.05, 0.1) is 11.2 Å². The summed E-state index contributed by atoms with van der Waals surface area (Å²) >= 11 is 7.15. The maximum absolute atomic E-state index is 5.21. The average molecular weight is 519 g/mol. The molecule has 6 rings (SSSR count). The number of nitrogens with one attached hydrogen (secondary N) is 2. The number of anilines is 3. The SMILES string of the molecule is CNc1ccc(Nc2c(-c3cccs3)c(-c3cccs3)c(C)c3nc4c(nc23)SCCS4)cc1. The number of nitrogens with zero attached hydrogens (tertiary/aromatic N) is 2. The number of aryl methyl sites for hydroxylation is 1. The van der Waals surface area contributed by atoms with Crippen LogP contribution >= 0.6 is 46.2 Å². The highest BCUT2D eigenvalue weighted by Crippen LogP contribution is 2.49. The molecular weight excluding hydrogens is 497 g/mol. The van der Waals surface area contributed by atoms with E-state index in [2.05, 4.69) is 76.8 Å². The first-order valence-electron chi connectivity index (χ1n) is 11.0. The third kappa shape index (κ3) is 3.88. The van der Waals surface area contributed by atoms with E-state index in [-0.39, 0.29) is 0 Å². The predicted octanol–water partition coefficient (Wildman–Crippen LogP) is 8.38. The van der Waals surface area contributed by atoms with Gasteiger partial charge in [-0.1, -0.05) is 12.1 Å². The van der Waals surface area contributed by atoms with Crippen molar-refractivity contribution in [3.63, 3.8) is 0 Å². The van der Waals surface area contributed by atoms with Crippen LogP contribution in [0.5, 0.6) is 0 Å². The minimum absolute atomic E-state index is 0.938. The average Bonchev–Trinajstić information content (AvgIpc) is 3.60. The lowest BCUT2D eigenvalue weighted by Crippen LogP contribution is -2.05. The third-order valence-corrected chi connectivity index (χ3v) is 9.93. The number of aromatic nitrogens is 2. The summed E-state index contributed by atoms with van der Waals surface area (Å²) in [5.41, 5.74) is 8.67. The number of thiophene rings is 2. The van der Waals surface area contributed by atoms with Gasteiger partial charge in [-0.3, -0.25) is 0 Å². The fraction of sp³-hybridized carbons (Fsp3) is 0.154. The second-order valence-corrected chi connectivity index (χ2v) is 11.9. The highest BCUT2D eigenvalue weighted by atomic mass is 32.2. The Morgan fingerprint density at radius 1 is 0.735 bits per heavy atom. The van der Waals surface area contributed by atoms with Crippen molar-refractivity contribution in [3.8, 4) is 20.9 Å². The molecule has 5 aromatic rings. The van der Waals surface area contributed by atoms with E-state index in [1.165, 1.54) is 26.4 Å². The first kappa shape index (κ1) is 22.0. The monoisotopic (exact) mass is 518 g/mol. The van der Waals surface area contributed by atoms with Crippen LogP contribution in [0.1, 0.15) is 5.56 Å². The quantitative estimate of drug-likeness (QED) is 0.244. The topological polar surface area (TPSA) is 49.8 Å². The van der Waals surface area contributed by atoms with Gasteiger partial charge in [0.2, 0.25) is 0 Å². The third-order valence-electron chi connectivity index (χ3n) is 5.84. The maximum atomic E-state index is 5.21. The number of thioether (sulfide) groups is 2. The Bertz CT molecular complexity index is 1460. The summed E-state index contributed by atoms with van der Waals surface area (Å²) in [6.45, 7) is 2.20. The van der Waals surface area contributed by atoms with Crippen molar-refractivity contribution >= 4 is 74.3 Å². The normalized spacial score (nSPS) is 13.1. The van der Waals surface area contributed by atoms with Gasteiger partial charge in [0.25, 0.3) is 0 Å². The van der Waals surface area contributed by atoms with E-state index in [9.17, 15) is 0 Å². The molecular formula is C26H22N4S4. The molecule has 4 nitrogen and oxygen atoms in total. The van der Waals surface area contributed by atoms with Crippen LogP contribution in [0.4, 0.5) is 17.1 Å².